The molecule has 23 heavy (non-hydrogen) atoms. The van der Waals surface area contributed by atoms with E-state index in [-0.39, 0.29) is 12.0 Å². The number of thiophene rings is 1. The Morgan fingerprint density at radius 1 is 1.48 bits per heavy atom. The van der Waals surface area contributed by atoms with E-state index in [4.69, 9.17) is 4.74 Å². The molecule has 6 heteroatoms. The van der Waals surface area contributed by atoms with Gasteiger partial charge in [0.1, 0.15) is 0 Å². The van der Waals surface area contributed by atoms with Crippen LogP contribution in [0.2, 0.25) is 0 Å². The molecule has 4 rings (SSSR count). The van der Waals surface area contributed by atoms with Crippen molar-refractivity contribution >= 4 is 17.2 Å². The van der Waals surface area contributed by atoms with Crippen molar-refractivity contribution in [2.45, 2.75) is 37.8 Å². The molecule has 122 valence electrons. The fourth-order valence-corrected chi connectivity index (χ4v) is 4.49. The highest BCUT2D eigenvalue weighted by Crippen LogP contribution is 2.34. The van der Waals surface area contributed by atoms with Crippen LogP contribution in [0.3, 0.4) is 0 Å². The van der Waals surface area contributed by atoms with Crippen LogP contribution >= 0.6 is 11.3 Å². The summed E-state index contributed by atoms with van der Waals surface area (Å²) in [6.07, 6.45) is 7.27. The van der Waals surface area contributed by atoms with E-state index in [0.29, 0.717) is 12.5 Å². The normalized spacial score (nSPS) is 24.4. The van der Waals surface area contributed by atoms with Gasteiger partial charge in [-0.05, 0) is 35.9 Å². The minimum atomic E-state index is -0.0671. The second-order valence-electron chi connectivity index (χ2n) is 6.23. The van der Waals surface area contributed by atoms with Gasteiger partial charge in [-0.1, -0.05) is 0 Å². The zero-order valence-corrected chi connectivity index (χ0v) is 13.9. The lowest BCUT2D eigenvalue weighted by atomic mass is 10.0. The summed E-state index contributed by atoms with van der Waals surface area (Å²) in [6, 6.07) is 4.35. The number of likely N-dealkylation sites (tertiary alicyclic amines) is 1. The Balaban J connectivity index is 1.42. The molecule has 5 nitrogen and oxygen atoms in total. The summed E-state index contributed by atoms with van der Waals surface area (Å²) in [6.45, 7) is 2.32. The fraction of sp³-hybridized carbons (Fsp3) is 0.529. The number of aromatic nitrogens is 2. The molecule has 0 saturated carbocycles. The van der Waals surface area contributed by atoms with Crippen molar-refractivity contribution < 1.29 is 9.53 Å². The average molecular weight is 331 g/mol. The molecule has 0 aliphatic carbocycles. The number of rotatable bonds is 3. The first-order valence-corrected chi connectivity index (χ1v) is 9.14. The number of ether oxygens (including phenoxy) is 1. The monoisotopic (exact) mass is 331 g/mol. The van der Waals surface area contributed by atoms with Crippen molar-refractivity contribution in [3.05, 3.63) is 40.3 Å². The van der Waals surface area contributed by atoms with Gasteiger partial charge in [0, 0.05) is 36.8 Å². The third kappa shape index (κ3) is 3.05. The first-order chi connectivity index (χ1) is 11.3. The predicted octanol–water partition coefficient (Wildman–Crippen LogP) is 2.81. The van der Waals surface area contributed by atoms with E-state index in [1.807, 2.05) is 21.8 Å². The van der Waals surface area contributed by atoms with E-state index in [1.54, 1.807) is 17.5 Å². The van der Waals surface area contributed by atoms with Gasteiger partial charge >= 0.3 is 0 Å². The predicted molar refractivity (Wildman–Crippen MR) is 88.4 cm³/mol. The molecule has 2 aliphatic heterocycles. The van der Waals surface area contributed by atoms with Gasteiger partial charge in [-0.15, -0.1) is 11.3 Å². The minimum Gasteiger partial charge on any atom is -0.373 e. The first-order valence-electron chi connectivity index (χ1n) is 8.26. The van der Waals surface area contributed by atoms with Gasteiger partial charge in [0.05, 0.1) is 25.2 Å². The summed E-state index contributed by atoms with van der Waals surface area (Å²) in [4.78, 5) is 16.1. The summed E-state index contributed by atoms with van der Waals surface area (Å²) in [5, 5.41) is 6.43. The van der Waals surface area contributed by atoms with Crippen molar-refractivity contribution in [3.63, 3.8) is 0 Å². The molecule has 0 radical (unpaired) electrons. The maximum atomic E-state index is 12.7. The van der Waals surface area contributed by atoms with Crippen LogP contribution < -0.4 is 0 Å². The molecule has 0 aromatic carbocycles. The van der Waals surface area contributed by atoms with Crippen LogP contribution in [-0.2, 0) is 16.0 Å². The Morgan fingerprint density at radius 3 is 3.30 bits per heavy atom. The smallest absolute Gasteiger partial charge is 0.225 e. The van der Waals surface area contributed by atoms with Crippen LogP contribution in [-0.4, -0.2) is 40.3 Å². The molecule has 1 fully saturated rings. The third-order valence-electron chi connectivity index (χ3n) is 4.78. The lowest BCUT2D eigenvalue weighted by Gasteiger charge is -2.34. The number of hydrogen-bond donors (Lipinski definition) is 0. The van der Waals surface area contributed by atoms with Crippen molar-refractivity contribution in [1.82, 2.24) is 14.7 Å². The van der Waals surface area contributed by atoms with Gasteiger partial charge in [-0.3, -0.25) is 9.48 Å². The van der Waals surface area contributed by atoms with Crippen LogP contribution in [0.4, 0.5) is 0 Å². The van der Waals surface area contributed by atoms with Gasteiger partial charge in [0.15, 0.2) is 0 Å². The van der Waals surface area contributed by atoms with Gasteiger partial charge in [-0.25, -0.2) is 0 Å². The highest BCUT2D eigenvalue weighted by atomic mass is 32.1. The number of carbonyl (C=O) groups excluding carboxylic acids is 1. The van der Waals surface area contributed by atoms with E-state index in [0.717, 1.165) is 39.0 Å². The number of nitrogens with zero attached hydrogens (tertiary/aromatic N) is 3. The van der Waals surface area contributed by atoms with Gasteiger partial charge in [-0.2, -0.15) is 5.10 Å². The first kappa shape index (κ1) is 14.9. The molecular weight excluding hydrogens is 310 g/mol. The van der Waals surface area contributed by atoms with E-state index in [9.17, 15) is 4.79 Å². The van der Waals surface area contributed by atoms with Crippen LogP contribution in [0.1, 0.15) is 41.8 Å². The Labute approximate surface area is 139 Å². The lowest BCUT2D eigenvalue weighted by molar-refractivity contribution is -0.136. The topological polar surface area (TPSA) is 47.4 Å². The molecule has 1 saturated heterocycles. The second kappa shape index (κ2) is 6.45. The van der Waals surface area contributed by atoms with E-state index < -0.39 is 0 Å². The Hall–Kier alpha value is -1.66. The van der Waals surface area contributed by atoms with Crippen molar-refractivity contribution in [3.8, 4) is 0 Å². The Morgan fingerprint density at radius 2 is 2.43 bits per heavy atom. The summed E-state index contributed by atoms with van der Waals surface area (Å²) in [5.41, 5.74) is 1.22. The number of piperidine rings is 1. The highest BCUT2D eigenvalue weighted by Gasteiger charge is 2.29. The van der Waals surface area contributed by atoms with Crippen LogP contribution in [0, 0.1) is 0 Å². The maximum absolute atomic E-state index is 12.7. The average Bonchev–Trinajstić information content (AvgIpc) is 3.27. The van der Waals surface area contributed by atoms with Crippen molar-refractivity contribution in [2.75, 3.05) is 19.7 Å². The molecule has 2 unspecified atom stereocenters. The number of hydrogen-bond acceptors (Lipinski definition) is 4. The highest BCUT2D eigenvalue weighted by molar-refractivity contribution is 7.10. The second-order valence-corrected chi connectivity index (χ2v) is 7.24. The van der Waals surface area contributed by atoms with Crippen LogP contribution in [0.15, 0.2) is 29.9 Å². The zero-order chi connectivity index (χ0) is 15.6. The van der Waals surface area contributed by atoms with Crippen molar-refractivity contribution in [1.29, 1.82) is 0 Å². The molecule has 2 atom stereocenters. The number of amides is 1. The maximum Gasteiger partial charge on any atom is 0.225 e. The zero-order valence-electron chi connectivity index (χ0n) is 13.1. The number of fused-ring (bicyclic) bond motifs is 1. The quantitative estimate of drug-likeness (QED) is 0.869. The largest absolute Gasteiger partial charge is 0.373 e. The Kier molecular flexibility index (Phi) is 4.18. The molecule has 0 bridgehead atoms. The molecule has 2 aromatic heterocycles. The SMILES string of the molecule is O=C(CC1OCCc2sccc21)N1CCCC(n2cccn2)C1. The fourth-order valence-electron chi connectivity index (χ4n) is 3.57. The molecule has 0 spiro atoms. The summed E-state index contributed by atoms with van der Waals surface area (Å²) in [7, 11) is 0. The van der Waals surface area contributed by atoms with Crippen LogP contribution in [0.25, 0.3) is 0 Å². The van der Waals surface area contributed by atoms with E-state index >= 15 is 0 Å². The van der Waals surface area contributed by atoms with Gasteiger partial charge < -0.3 is 9.64 Å². The number of carbonyl (C=O) groups is 1. The summed E-state index contributed by atoms with van der Waals surface area (Å²) in [5.74, 6) is 0.200. The molecule has 4 heterocycles. The molecule has 2 aliphatic rings. The van der Waals surface area contributed by atoms with E-state index in [1.165, 1.54) is 10.4 Å². The van der Waals surface area contributed by atoms with Gasteiger partial charge in [0.2, 0.25) is 5.91 Å². The third-order valence-corrected chi connectivity index (χ3v) is 5.78. The molecule has 2 aromatic rings. The van der Waals surface area contributed by atoms with Crippen molar-refractivity contribution in [2.24, 2.45) is 0 Å². The molecule has 1 amide bonds. The molecular formula is C17H21N3O2S. The minimum absolute atomic E-state index is 0.0671. The van der Waals surface area contributed by atoms with Gasteiger partial charge in [0.25, 0.3) is 0 Å². The summed E-state index contributed by atoms with van der Waals surface area (Å²) >= 11 is 1.77. The lowest BCUT2D eigenvalue weighted by Crippen LogP contribution is -2.41. The van der Waals surface area contributed by atoms with E-state index in [2.05, 4.69) is 16.5 Å². The standard InChI is InChI=1S/C17H21N3O2S/c21-17(11-15-14-5-10-23-16(14)4-9-22-15)19-7-1-3-13(12-19)20-8-2-6-18-20/h2,5-6,8,10,13,15H,1,3-4,7,9,11-12H2. The Bertz CT molecular complexity index is 667. The summed E-state index contributed by atoms with van der Waals surface area (Å²) < 4.78 is 7.84. The van der Waals surface area contributed by atoms with Crippen LogP contribution in [0.5, 0.6) is 0 Å². The molecule has 0 N–H and O–H groups in total.